The van der Waals surface area contributed by atoms with E-state index >= 15 is 0 Å². The second-order valence-electron chi connectivity index (χ2n) is 7.66. The Balaban J connectivity index is 1.40. The molecular weight excluding hydrogens is 455 g/mol. The van der Waals surface area contributed by atoms with E-state index in [-0.39, 0.29) is 11.1 Å². The highest BCUT2D eigenvalue weighted by Gasteiger charge is 2.24. The van der Waals surface area contributed by atoms with Crippen molar-refractivity contribution in [3.8, 4) is 5.75 Å². The number of aliphatic imine (C=N–C) groups is 1. The van der Waals surface area contributed by atoms with Crippen molar-refractivity contribution in [1.29, 1.82) is 0 Å². The van der Waals surface area contributed by atoms with Crippen molar-refractivity contribution in [2.24, 2.45) is 4.99 Å². The zero-order valence-electron chi connectivity index (χ0n) is 17.6. The molecule has 1 unspecified atom stereocenters. The van der Waals surface area contributed by atoms with Crippen LogP contribution in [0.15, 0.2) is 101 Å². The van der Waals surface area contributed by atoms with E-state index in [4.69, 9.17) is 21.3 Å². The lowest BCUT2D eigenvalue weighted by Crippen LogP contribution is -2.07. The van der Waals surface area contributed by atoms with Crippen molar-refractivity contribution in [3.05, 3.63) is 119 Å². The molecule has 0 fully saturated rings. The minimum absolute atomic E-state index is 0.0677. The fourth-order valence-electron chi connectivity index (χ4n) is 3.70. The van der Waals surface area contributed by atoms with E-state index in [9.17, 15) is 4.39 Å². The zero-order valence-corrected chi connectivity index (χ0v) is 19.2. The Hall–Kier alpha value is -3.15. The number of thioether (sulfide) groups is 1. The van der Waals surface area contributed by atoms with Crippen LogP contribution in [-0.4, -0.2) is 10.7 Å². The molecule has 164 valence electrons. The Labute approximate surface area is 201 Å². The fourth-order valence-corrected chi connectivity index (χ4v) is 5.07. The van der Waals surface area contributed by atoms with Crippen LogP contribution in [-0.2, 0) is 6.61 Å². The van der Waals surface area contributed by atoms with Gasteiger partial charge in [0.2, 0.25) is 0 Å². The Morgan fingerprint density at radius 2 is 1.73 bits per heavy atom. The predicted molar refractivity (Wildman–Crippen MR) is 132 cm³/mol. The van der Waals surface area contributed by atoms with E-state index < -0.39 is 0 Å². The number of hydrogen-bond donors (Lipinski definition) is 0. The monoisotopic (exact) mass is 474 g/mol. The third-order valence-electron chi connectivity index (χ3n) is 5.40. The van der Waals surface area contributed by atoms with Crippen LogP contribution in [0.2, 0.25) is 5.15 Å². The van der Waals surface area contributed by atoms with E-state index in [1.165, 1.54) is 6.07 Å². The summed E-state index contributed by atoms with van der Waals surface area (Å²) in [6.45, 7) is 0.407. The molecule has 0 spiro atoms. The van der Waals surface area contributed by atoms with Crippen LogP contribution in [0.5, 0.6) is 5.75 Å². The van der Waals surface area contributed by atoms with Gasteiger partial charge in [-0.05, 0) is 54.1 Å². The molecule has 3 nitrogen and oxygen atoms in total. The Bertz CT molecular complexity index is 1290. The van der Waals surface area contributed by atoms with Crippen LogP contribution < -0.4 is 4.74 Å². The summed E-state index contributed by atoms with van der Waals surface area (Å²) < 4.78 is 20.5. The van der Waals surface area contributed by atoms with E-state index in [0.29, 0.717) is 23.7 Å². The number of hydrogen-bond acceptors (Lipinski definition) is 4. The molecular formula is C27H20ClFN2OS. The average Bonchev–Trinajstić information content (AvgIpc) is 3.04. The summed E-state index contributed by atoms with van der Waals surface area (Å²) in [4.78, 5) is 10.1. The summed E-state index contributed by atoms with van der Waals surface area (Å²) in [6.07, 6.45) is 2.33. The summed E-state index contributed by atoms with van der Waals surface area (Å²) in [6, 6.07) is 26.5. The number of halogens is 2. The Morgan fingerprint density at radius 1 is 0.939 bits per heavy atom. The minimum atomic E-state index is -0.186. The van der Waals surface area contributed by atoms with Crippen LogP contribution in [0.1, 0.15) is 28.4 Å². The normalized spacial score (nSPS) is 15.3. The van der Waals surface area contributed by atoms with Gasteiger partial charge in [0.15, 0.2) is 0 Å². The highest BCUT2D eigenvalue weighted by molar-refractivity contribution is 7.99. The van der Waals surface area contributed by atoms with Gasteiger partial charge in [-0.15, -0.1) is 11.8 Å². The quantitative estimate of drug-likeness (QED) is 0.276. The molecule has 4 aromatic rings. The van der Waals surface area contributed by atoms with Gasteiger partial charge in [0.1, 0.15) is 23.3 Å². The van der Waals surface area contributed by atoms with Gasteiger partial charge in [-0.2, -0.15) is 0 Å². The fraction of sp³-hybridized carbons (Fsp3) is 0.111. The molecule has 2 heterocycles. The van der Waals surface area contributed by atoms with Crippen LogP contribution >= 0.6 is 23.4 Å². The predicted octanol–water partition coefficient (Wildman–Crippen LogP) is 7.81. The van der Waals surface area contributed by atoms with Gasteiger partial charge >= 0.3 is 0 Å². The topological polar surface area (TPSA) is 34.5 Å². The van der Waals surface area contributed by atoms with E-state index in [2.05, 4.69) is 4.98 Å². The molecule has 1 aromatic heterocycles. The first-order chi connectivity index (χ1) is 16.2. The average molecular weight is 475 g/mol. The maximum absolute atomic E-state index is 14.6. The molecule has 0 saturated carbocycles. The highest BCUT2D eigenvalue weighted by atomic mass is 35.5. The van der Waals surface area contributed by atoms with Crippen molar-refractivity contribution < 1.29 is 9.13 Å². The number of pyridine rings is 1. The van der Waals surface area contributed by atoms with Crippen LogP contribution in [0, 0.1) is 5.82 Å². The second kappa shape index (κ2) is 9.77. The largest absolute Gasteiger partial charge is 0.489 e. The van der Waals surface area contributed by atoms with Gasteiger partial charge in [-0.3, -0.25) is 4.99 Å². The molecule has 0 N–H and O–H groups in total. The lowest BCUT2D eigenvalue weighted by molar-refractivity contribution is 0.306. The number of para-hydroxylation sites is 1. The van der Waals surface area contributed by atoms with Crippen LogP contribution in [0.25, 0.3) is 0 Å². The third-order valence-corrected chi connectivity index (χ3v) is 6.93. The SMILES string of the molecule is Fc1ccccc1C1CC(c2ccc(OCc3ccc(Cl)nc3)cc2)=Nc2ccccc2S1. The molecule has 6 heteroatoms. The van der Waals surface area contributed by atoms with Crippen molar-refractivity contribution in [1.82, 2.24) is 4.98 Å². The highest BCUT2D eigenvalue weighted by Crippen LogP contribution is 2.46. The summed E-state index contributed by atoms with van der Waals surface area (Å²) in [5.74, 6) is 0.567. The summed E-state index contributed by atoms with van der Waals surface area (Å²) in [5.41, 5.74) is 4.47. The molecule has 0 radical (unpaired) electrons. The Kier molecular flexibility index (Phi) is 6.42. The molecule has 1 atom stereocenters. The lowest BCUT2D eigenvalue weighted by Gasteiger charge is -2.17. The number of nitrogens with zero attached hydrogens (tertiary/aromatic N) is 2. The summed E-state index contributed by atoms with van der Waals surface area (Å²) in [7, 11) is 0. The number of benzene rings is 3. The maximum Gasteiger partial charge on any atom is 0.129 e. The first kappa shape index (κ1) is 21.7. The molecule has 1 aliphatic heterocycles. The number of rotatable bonds is 5. The van der Waals surface area contributed by atoms with Gasteiger partial charge < -0.3 is 4.74 Å². The smallest absolute Gasteiger partial charge is 0.129 e. The van der Waals surface area contributed by atoms with Gasteiger partial charge in [0.25, 0.3) is 0 Å². The van der Waals surface area contributed by atoms with Crippen molar-refractivity contribution >= 4 is 34.8 Å². The molecule has 0 amide bonds. The van der Waals surface area contributed by atoms with Crippen LogP contribution in [0.4, 0.5) is 10.1 Å². The zero-order chi connectivity index (χ0) is 22.6. The lowest BCUT2D eigenvalue weighted by atomic mass is 10.0. The second-order valence-corrected chi connectivity index (χ2v) is 9.29. The van der Waals surface area contributed by atoms with Gasteiger partial charge in [0.05, 0.1) is 5.69 Å². The number of fused-ring (bicyclic) bond motifs is 1. The molecule has 33 heavy (non-hydrogen) atoms. The van der Waals surface area contributed by atoms with E-state index in [1.807, 2.05) is 66.7 Å². The van der Waals surface area contributed by atoms with E-state index in [0.717, 1.165) is 33.2 Å². The summed E-state index contributed by atoms with van der Waals surface area (Å²) >= 11 is 7.49. The van der Waals surface area contributed by atoms with Crippen LogP contribution in [0.3, 0.4) is 0 Å². The molecule has 0 bridgehead atoms. The number of aromatic nitrogens is 1. The maximum atomic E-state index is 14.6. The molecule has 5 rings (SSSR count). The first-order valence-electron chi connectivity index (χ1n) is 10.6. The minimum Gasteiger partial charge on any atom is -0.489 e. The standard InChI is InChI=1S/C27H20ClFN2OS/c28-27-14-9-18(16-30-27)17-32-20-12-10-19(11-13-20)24-15-26(21-5-1-2-6-22(21)29)33-25-8-4-3-7-23(25)31-24/h1-14,16,26H,15,17H2. The third kappa shape index (κ3) is 5.10. The molecule has 0 aliphatic carbocycles. The van der Waals surface area contributed by atoms with Gasteiger partial charge in [-0.1, -0.05) is 48.0 Å². The van der Waals surface area contributed by atoms with Crippen molar-refractivity contribution in [2.45, 2.75) is 23.2 Å². The molecule has 3 aromatic carbocycles. The van der Waals surface area contributed by atoms with Gasteiger partial charge in [0, 0.05) is 39.6 Å². The van der Waals surface area contributed by atoms with Gasteiger partial charge in [-0.25, -0.2) is 9.37 Å². The first-order valence-corrected chi connectivity index (χ1v) is 11.8. The molecule has 0 saturated heterocycles. The Morgan fingerprint density at radius 3 is 2.52 bits per heavy atom. The molecule has 1 aliphatic rings. The van der Waals surface area contributed by atoms with Crippen molar-refractivity contribution in [3.63, 3.8) is 0 Å². The van der Waals surface area contributed by atoms with E-state index in [1.54, 1.807) is 30.1 Å². The van der Waals surface area contributed by atoms with Crippen molar-refractivity contribution in [2.75, 3.05) is 0 Å². The summed E-state index contributed by atoms with van der Waals surface area (Å²) in [5, 5.41) is 0.391. The number of ether oxygens (including phenoxy) is 1.